The lowest BCUT2D eigenvalue weighted by Crippen LogP contribution is -2.28. The molecule has 2 rings (SSSR count). The lowest BCUT2D eigenvalue weighted by Gasteiger charge is -2.11. The summed E-state index contributed by atoms with van der Waals surface area (Å²) in [5.74, 6) is 0. The molecule has 1 aromatic carbocycles. The lowest BCUT2D eigenvalue weighted by atomic mass is 10.2. The molecule has 0 fully saturated rings. The third-order valence-corrected chi connectivity index (χ3v) is 4.41. The van der Waals surface area contributed by atoms with E-state index in [2.05, 4.69) is 15.0 Å². The van der Waals surface area contributed by atoms with Crippen LogP contribution in [-0.2, 0) is 23.1 Å². The predicted octanol–water partition coefficient (Wildman–Crippen LogP) is 0.581. The fourth-order valence-electron chi connectivity index (χ4n) is 1.91. The van der Waals surface area contributed by atoms with Gasteiger partial charge in [0, 0.05) is 32.0 Å². The summed E-state index contributed by atoms with van der Waals surface area (Å²) < 4.78 is 29.0. The summed E-state index contributed by atoms with van der Waals surface area (Å²) in [5, 5.41) is 2.97. The van der Waals surface area contributed by atoms with Gasteiger partial charge in [-0.3, -0.25) is 0 Å². The third-order valence-electron chi connectivity index (χ3n) is 2.85. The van der Waals surface area contributed by atoms with Crippen LogP contribution in [0.15, 0.2) is 47.9 Å². The smallest absolute Gasteiger partial charge is 0.240 e. The van der Waals surface area contributed by atoms with Crippen molar-refractivity contribution in [1.82, 2.24) is 19.6 Å². The Morgan fingerprint density at radius 1 is 1.30 bits per heavy atom. The Labute approximate surface area is 118 Å². The SMILES string of the molecule is CNCc1ccccc1S(=O)(=O)NCCn1ccnc1. The summed E-state index contributed by atoms with van der Waals surface area (Å²) in [6.45, 7) is 1.39. The van der Waals surface area contributed by atoms with Crippen LogP contribution in [0.2, 0.25) is 0 Å². The Balaban J connectivity index is 2.06. The molecule has 20 heavy (non-hydrogen) atoms. The second kappa shape index (κ2) is 6.65. The van der Waals surface area contributed by atoms with Crippen LogP contribution in [0.25, 0.3) is 0 Å². The fraction of sp³-hybridized carbons (Fsp3) is 0.308. The second-order valence-corrected chi connectivity index (χ2v) is 6.07. The van der Waals surface area contributed by atoms with Crippen LogP contribution < -0.4 is 10.0 Å². The van der Waals surface area contributed by atoms with Gasteiger partial charge in [0.25, 0.3) is 0 Å². The first-order chi connectivity index (χ1) is 9.63. The third kappa shape index (κ3) is 3.66. The number of nitrogens with zero attached hydrogens (tertiary/aromatic N) is 2. The quantitative estimate of drug-likeness (QED) is 0.783. The number of nitrogens with one attached hydrogen (secondary N) is 2. The molecule has 7 heteroatoms. The van der Waals surface area contributed by atoms with Crippen molar-refractivity contribution in [3.8, 4) is 0 Å². The lowest BCUT2D eigenvalue weighted by molar-refractivity contribution is 0.571. The Hall–Kier alpha value is -1.70. The topological polar surface area (TPSA) is 76.0 Å². The van der Waals surface area contributed by atoms with Gasteiger partial charge in [-0.25, -0.2) is 18.1 Å². The molecule has 0 spiro atoms. The van der Waals surface area contributed by atoms with Crippen molar-refractivity contribution in [2.24, 2.45) is 0 Å². The van der Waals surface area contributed by atoms with Gasteiger partial charge in [0.15, 0.2) is 0 Å². The summed E-state index contributed by atoms with van der Waals surface area (Å²) in [6.07, 6.45) is 5.11. The van der Waals surface area contributed by atoms with Gasteiger partial charge in [-0.15, -0.1) is 0 Å². The predicted molar refractivity (Wildman–Crippen MR) is 76.6 cm³/mol. The van der Waals surface area contributed by atoms with E-state index < -0.39 is 10.0 Å². The zero-order chi connectivity index (χ0) is 14.4. The van der Waals surface area contributed by atoms with Crippen molar-refractivity contribution < 1.29 is 8.42 Å². The average Bonchev–Trinajstić information content (AvgIpc) is 2.92. The molecule has 0 saturated carbocycles. The number of rotatable bonds is 7. The van der Waals surface area contributed by atoms with E-state index in [1.165, 1.54) is 0 Å². The van der Waals surface area contributed by atoms with Crippen molar-refractivity contribution in [3.63, 3.8) is 0 Å². The molecular formula is C13H18N4O2S. The van der Waals surface area contributed by atoms with E-state index in [0.717, 1.165) is 5.56 Å². The maximum Gasteiger partial charge on any atom is 0.240 e. The van der Waals surface area contributed by atoms with Gasteiger partial charge in [0.2, 0.25) is 10.0 Å². The van der Waals surface area contributed by atoms with E-state index >= 15 is 0 Å². The van der Waals surface area contributed by atoms with Gasteiger partial charge in [-0.05, 0) is 18.7 Å². The van der Waals surface area contributed by atoms with Gasteiger partial charge in [-0.1, -0.05) is 18.2 Å². The van der Waals surface area contributed by atoms with Crippen molar-refractivity contribution in [3.05, 3.63) is 48.5 Å². The normalized spacial score (nSPS) is 11.7. The van der Waals surface area contributed by atoms with Crippen molar-refractivity contribution in [1.29, 1.82) is 0 Å². The highest BCUT2D eigenvalue weighted by atomic mass is 32.2. The summed E-state index contributed by atoms with van der Waals surface area (Å²) in [4.78, 5) is 4.23. The number of aromatic nitrogens is 2. The van der Waals surface area contributed by atoms with Gasteiger partial charge < -0.3 is 9.88 Å². The van der Waals surface area contributed by atoms with E-state index in [4.69, 9.17) is 0 Å². The largest absolute Gasteiger partial charge is 0.336 e. The summed E-state index contributed by atoms with van der Waals surface area (Å²) >= 11 is 0. The highest BCUT2D eigenvalue weighted by molar-refractivity contribution is 7.89. The van der Waals surface area contributed by atoms with Gasteiger partial charge in [0.05, 0.1) is 11.2 Å². The van der Waals surface area contributed by atoms with Crippen LogP contribution in [0, 0.1) is 0 Å². The number of hydrogen-bond acceptors (Lipinski definition) is 4. The fourth-order valence-corrected chi connectivity index (χ4v) is 3.17. The number of imidazole rings is 1. The van der Waals surface area contributed by atoms with E-state index in [9.17, 15) is 8.42 Å². The second-order valence-electron chi connectivity index (χ2n) is 4.34. The maximum absolute atomic E-state index is 12.3. The van der Waals surface area contributed by atoms with E-state index in [0.29, 0.717) is 24.5 Å². The Morgan fingerprint density at radius 3 is 2.80 bits per heavy atom. The van der Waals surface area contributed by atoms with E-state index in [1.54, 1.807) is 44.0 Å². The molecule has 108 valence electrons. The average molecular weight is 294 g/mol. The first-order valence-electron chi connectivity index (χ1n) is 6.31. The van der Waals surface area contributed by atoms with Crippen molar-refractivity contribution in [2.75, 3.05) is 13.6 Å². The Bertz CT molecular complexity index is 638. The minimum atomic E-state index is -3.49. The van der Waals surface area contributed by atoms with Gasteiger partial charge in [0.1, 0.15) is 0 Å². The van der Waals surface area contributed by atoms with E-state index in [1.807, 2.05) is 10.6 Å². The first-order valence-corrected chi connectivity index (χ1v) is 7.80. The minimum Gasteiger partial charge on any atom is -0.336 e. The number of hydrogen-bond donors (Lipinski definition) is 2. The molecule has 0 aliphatic rings. The zero-order valence-corrected chi connectivity index (χ0v) is 12.1. The van der Waals surface area contributed by atoms with Crippen LogP contribution in [0.4, 0.5) is 0 Å². The molecule has 0 unspecified atom stereocenters. The molecule has 1 aromatic heterocycles. The van der Waals surface area contributed by atoms with Gasteiger partial charge >= 0.3 is 0 Å². The van der Waals surface area contributed by atoms with Crippen LogP contribution in [-0.4, -0.2) is 31.6 Å². The highest BCUT2D eigenvalue weighted by Crippen LogP contribution is 2.14. The molecule has 2 aromatic rings. The van der Waals surface area contributed by atoms with Crippen LogP contribution in [0.5, 0.6) is 0 Å². The Kier molecular flexibility index (Phi) is 4.89. The Morgan fingerprint density at radius 2 is 2.10 bits per heavy atom. The molecule has 0 aliphatic heterocycles. The molecule has 2 N–H and O–H groups in total. The molecule has 0 radical (unpaired) electrons. The maximum atomic E-state index is 12.3. The monoisotopic (exact) mass is 294 g/mol. The highest BCUT2D eigenvalue weighted by Gasteiger charge is 2.16. The van der Waals surface area contributed by atoms with Crippen LogP contribution in [0.3, 0.4) is 0 Å². The number of benzene rings is 1. The molecule has 0 atom stereocenters. The summed E-state index contributed by atoms with van der Waals surface area (Å²) in [7, 11) is -1.70. The molecule has 1 heterocycles. The molecular weight excluding hydrogens is 276 g/mol. The summed E-state index contributed by atoms with van der Waals surface area (Å²) in [5.41, 5.74) is 0.755. The van der Waals surface area contributed by atoms with Gasteiger partial charge in [-0.2, -0.15) is 0 Å². The molecule has 0 amide bonds. The van der Waals surface area contributed by atoms with Crippen molar-refractivity contribution in [2.45, 2.75) is 18.0 Å². The minimum absolute atomic E-state index is 0.319. The standard InChI is InChI=1S/C13H18N4O2S/c1-14-10-12-4-2-3-5-13(12)20(18,19)16-7-9-17-8-6-15-11-17/h2-6,8,11,14,16H,7,9-10H2,1H3. The van der Waals surface area contributed by atoms with Crippen LogP contribution in [0.1, 0.15) is 5.56 Å². The zero-order valence-electron chi connectivity index (χ0n) is 11.3. The molecule has 0 aliphatic carbocycles. The molecule has 0 bridgehead atoms. The number of sulfonamides is 1. The van der Waals surface area contributed by atoms with E-state index in [-0.39, 0.29) is 0 Å². The molecule has 0 saturated heterocycles. The van der Waals surface area contributed by atoms with Crippen LogP contribution >= 0.6 is 0 Å². The molecule has 6 nitrogen and oxygen atoms in total. The van der Waals surface area contributed by atoms with Crippen molar-refractivity contribution >= 4 is 10.0 Å². The first kappa shape index (κ1) is 14.7. The summed E-state index contributed by atoms with van der Waals surface area (Å²) in [6, 6.07) is 6.98.